The van der Waals surface area contributed by atoms with Crippen molar-refractivity contribution < 1.29 is 4.84 Å². The Morgan fingerprint density at radius 1 is 1.47 bits per heavy atom. The maximum absolute atomic E-state index is 5.58. The topological polar surface area (TPSA) is 34.5 Å². The molecule has 0 spiro atoms. The van der Waals surface area contributed by atoms with Crippen molar-refractivity contribution in [3.8, 4) is 0 Å². The van der Waals surface area contributed by atoms with Gasteiger partial charge in [-0.15, -0.1) is 0 Å². The molecule has 0 N–H and O–H groups in total. The standard InChI is InChI=1S/C16H24N2O/c1-5-16(4,11-8-9-14(2)3)19-18-13-15-10-6-7-12-17-15/h5-7,10,12-14H,1,8-9,11H2,2-4H3. The van der Waals surface area contributed by atoms with Gasteiger partial charge in [-0.05, 0) is 43.9 Å². The molecule has 3 heteroatoms. The molecule has 0 aromatic carbocycles. The second-order valence-electron chi connectivity index (χ2n) is 5.38. The van der Waals surface area contributed by atoms with E-state index in [9.17, 15) is 0 Å². The number of aromatic nitrogens is 1. The maximum atomic E-state index is 5.58. The molecule has 3 nitrogen and oxygen atoms in total. The fourth-order valence-electron chi connectivity index (χ4n) is 1.70. The number of hydrogen-bond donors (Lipinski definition) is 0. The van der Waals surface area contributed by atoms with Crippen LogP contribution in [-0.4, -0.2) is 16.8 Å². The van der Waals surface area contributed by atoms with E-state index in [0.717, 1.165) is 18.5 Å². The lowest BCUT2D eigenvalue weighted by Crippen LogP contribution is -2.23. The number of pyridine rings is 1. The first kappa shape index (κ1) is 15.4. The molecule has 0 amide bonds. The minimum atomic E-state index is -0.403. The molecule has 104 valence electrons. The number of oxime groups is 1. The van der Waals surface area contributed by atoms with Crippen LogP contribution in [0.2, 0.25) is 0 Å². The number of hydrogen-bond acceptors (Lipinski definition) is 3. The minimum absolute atomic E-state index is 0.403. The Balaban J connectivity index is 2.47. The first-order valence-electron chi connectivity index (χ1n) is 6.82. The highest BCUT2D eigenvalue weighted by molar-refractivity contribution is 5.76. The average molecular weight is 260 g/mol. The van der Waals surface area contributed by atoms with Crippen molar-refractivity contribution in [2.45, 2.75) is 45.6 Å². The van der Waals surface area contributed by atoms with Gasteiger partial charge in [-0.3, -0.25) is 4.98 Å². The van der Waals surface area contributed by atoms with Crippen LogP contribution in [0.5, 0.6) is 0 Å². The molecule has 0 bridgehead atoms. The fraction of sp³-hybridized carbons (Fsp3) is 0.500. The van der Waals surface area contributed by atoms with Crippen LogP contribution in [0.15, 0.2) is 42.2 Å². The smallest absolute Gasteiger partial charge is 0.152 e. The predicted molar refractivity (Wildman–Crippen MR) is 80.2 cm³/mol. The van der Waals surface area contributed by atoms with E-state index in [-0.39, 0.29) is 0 Å². The minimum Gasteiger partial charge on any atom is -0.385 e. The summed E-state index contributed by atoms with van der Waals surface area (Å²) >= 11 is 0. The summed E-state index contributed by atoms with van der Waals surface area (Å²) in [7, 11) is 0. The van der Waals surface area contributed by atoms with Crippen LogP contribution >= 0.6 is 0 Å². The summed E-state index contributed by atoms with van der Waals surface area (Å²) in [5, 5.41) is 4.02. The summed E-state index contributed by atoms with van der Waals surface area (Å²) in [6, 6.07) is 5.68. The molecule has 1 unspecified atom stereocenters. The van der Waals surface area contributed by atoms with Gasteiger partial charge in [0.2, 0.25) is 0 Å². The monoisotopic (exact) mass is 260 g/mol. The summed E-state index contributed by atoms with van der Waals surface area (Å²) < 4.78 is 0. The summed E-state index contributed by atoms with van der Waals surface area (Å²) in [5.74, 6) is 0.714. The first-order chi connectivity index (χ1) is 9.06. The molecule has 0 aliphatic rings. The fourth-order valence-corrected chi connectivity index (χ4v) is 1.70. The van der Waals surface area contributed by atoms with Crippen LogP contribution in [0.25, 0.3) is 0 Å². The zero-order valence-corrected chi connectivity index (χ0v) is 12.2. The second kappa shape index (κ2) is 7.72. The van der Waals surface area contributed by atoms with Crippen molar-refractivity contribution in [1.82, 2.24) is 4.98 Å². The highest BCUT2D eigenvalue weighted by Crippen LogP contribution is 2.21. The molecule has 1 heterocycles. The van der Waals surface area contributed by atoms with Crippen LogP contribution < -0.4 is 0 Å². The van der Waals surface area contributed by atoms with Gasteiger partial charge in [0.25, 0.3) is 0 Å². The van der Waals surface area contributed by atoms with Crippen molar-refractivity contribution in [3.63, 3.8) is 0 Å². The second-order valence-corrected chi connectivity index (χ2v) is 5.38. The summed E-state index contributed by atoms with van der Waals surface area (Å²) in [6.45, 7) is 10.3. The third-order valence-corrected chi connectivity index (χ3v) is 3.02. The quantitative estimate of drug-likeness (QED) is 0.399. The highest BCUT2D eigenvalue weighted by atomic mass is 16.6. The molecular formula is C16H24N2O. The maximum Gasteiger partial charge on any atom is 0.152 e. The molecular weight excluding hydrogens is 236 g/mol. The van der Waals surface area contributed by atoms with Gasteiger partial charge in [0.1, 0.15) is 0 Å². The normalized spacial score (nSPS) is 14.5. The van der Waals surface area contributed by atoms with Crippen molar-refractivity contribution in [3.05, 3.63) is 42.7 Å². The molecule has 0 radical (unpaired) electrons. The van der Waals surface area contributed by atoms with E-state index in [0.29, 0.717) is 5.92 Å². The van der Waals surface area contributed by atoms with Crippen LogP contribution in [-0.2, 0) is 4.84 Å². The zero-order valence-electron chi connectivity index (χ0n) is 12.2. The van der Waals surface area contributed by atoms with Crippen molar-refractivity contribution >= 4 is 6.21 Å². The van der Waals surface area contributed by atoms with E-state index in [1.54, 1.807) is 12.4 Å². The molecule has 0 aliphatic heterocycles. The van der Waals surface area contributed by atoms with Crippen LogP contribution in [0.1, 0.15) is 45.7 Å². The van der Waals surface area contributed by atoms with E-state index >= 15 is 0 Å². The molecule has 19 heavy (non-hydrogen) atoms. The van der Waals surface area contributed by atoms with Gasteiger partial charge < -0.3 is 4.84 Å². The Morgan fingerprint density at radius 3 is 2.84 bits per heavy atom. The van der Waals surface area contributed by atoms with Crippen LogP contribution in [0.4, 0.5) is 0 Å². The van der Waals surface area contributed by atoms with E-state index < -0.39 is 5.60 Å². The molecule has 1 aromatic heterocycles. The van der Waals surface area contributed by atoms with E-state index in [4.69, 9.17) is 4.84 Å². The molecule has 1 rings (SSSR count). The highest BCUT2D eigenvalue weighted by Gasteiger charge is 2.21. The van der Waals surface area contributed by atoms with Gasteiger partial charge in [0.15, 0.2) is 5.60 Å². The van der Waals surface area contributed by atoms with Gasteiger partial charge in [-0.25, -0.2) is 0 Å². The first-order valence-corrected chi connectivity index (χ1v) is 6.82. The van der Waals surface area contributed by atoms with Crippen LogP contribution in [0.3, 0.4) is 0 Å². The third-order valence-electron chi connectivity index (χ3n) is 3.02. The lowest BCUT2D eigenvalue weighted by molar-refractivity contribution is 0.00222. The summed E-state index contributed by atoms with van der Waals surface area (Å²) in [6.07, 6.45) is 8.41. The van der Waals surface area contributed by atoms with Gasteiger partial charge in [0, 0.05) is 6.20 Å². The van der Waals surface area contributed by atoms with Gasteiger partial charge in [-0.1, -0.05) is 38.1 Å². The number of rotatable bonds is 8. The molecule has 0 saturated carbocycles. The molecule has 0 fully saturated rings. The predicted octanol–water partition coefficient (Wildman–Crippen LogP) is 4.20. The SMILES string of the molecule is C=CC(C)(CCCC(C)C)ON=Cc1ccccn1. The van der Waals surface area contributed by atoms with E-state index in [2.05, 4.69) is 30.6 Å². The molecule has 0 aliphatic carbocycles. The van der Waals surface area contributed by atoms with Gasteiger partial charge in [-0.2, -0.15) is 0 Å². The molecule has 1 aromatic rings. The summed E-state index contributed by atoms with van der Waals surface area (Å²) in [5.41, 5.74) is 0.385. The van der Waals surface area contributed by atoms with E-state index in [1.165, 1.54) is 6.42 Å². The van der Waals surface area contributed by atoms with Gasteiger partial charge in [0.05, 0.1) is 11.9 Å². The van der Waals surface area contributed by atoms with Gasteiger partial charge >= 0.3 is 0 Å². The third kappa shape index (κ3) is 6.18. The lowest BCUT2D eigenvalue weighted by atomic mass is 9.96. The Bertz CT molecular complexity index is 400. The van der Waals surface area contributed by atoms with E-state index in [1.807, 2.05) is 31.2 Å². The Morgan fingerprint density at radius 2 is 2.26 bits per heavy atom. The number of nitrogens with zero attached hydrogens (tertiary/aromatic N) is 2. The van der Waals surface area contributed by atoms with Crippen molar-refractivity contribution in [2.75, 3.05) is 0 Å². The Hall–Kier alpha value is -1.64. The Labute approximate surface area is 116 Å². The molecule has 1 atom stereocenters. The largest absolute Gasteiger partial charge is 0.385 e. The van der Waals surface area contributed by atoms with Crippen molar-refractivity contribution in [2.24, 2.45) is 11.1 Å². The Kier molecular flexibility index (Phi) is 6.26. The lowest BCUT2D eigenvalue weighted by Gasteiger charge is -2.23. The zero-order chi connectivity index (χ0) is 14.1. The summed E-state index contributed by atoms with van der Waals surface area (Å²) in [4.78, 5) is 9.73. The van der Waals surface area contributed by atoms with Crippen molar-refractivity contribution in [1.29, 1.82) is 0 Å². The average Bonchev–Trinajstić information content (AvgIpc) is 2.39. The molecule has 0 saturated heterocycles. The van der Waals surface area contributed by atoms with Crippen LogP contribution in [0, 0.1) is 5.92 Å².